The van der Waals surface area contributed by atoms with Gasteiger partial charge in [-0.05, 0) is 19.1 Å². The molecule has 5 nitrogen and oxygen atoms in total. The summed E-state index contributed by atoms with van der Waals surface area (Å²) in [4.78, 5) is 21.9. The van der Waals surface area contributed by atoms with E-state index in [-0.39, 0.29) is 11.6 Å². The predicted octanol–water partition coefficient (Wildman–Crippen LogP) is 2.42. The highest BCUT2D eigenvalue weighted by Gasteiger charge is 2.14. The Morgan fingerprint density at radius 3 is 2.72 bits per heavy atom. The summed E-state index contributed by atoms with van der Waals surface area (Å²) in [6, 6.07) is 4.79. The number of carboxylic acid groups (broad SMARTS) is 1. The highest BCUT2D eigenvalue weighted by molar-refractivity contribution is 6.43. The largest absolute Gasteiger partial charge is 0.479 e. The summed E-state index contributed by atoms with van der Waals surface area (Å²) in [5.74, 6) is -1.64. The zero-order chi connectivity index (χ0) is 13.7. The number of hydrogen-bond donors (Lipinski definition) is 2. The molecule has 2 N–H and O–H groups in total. The molecular weight excluding hydrogens is 281 g/mol. The van der Waals surface area contributed by atoms with Gasteiger partial charge in [-0.25, -0.2) is 4.79 Å². The third-order valence-electron chi connectivity index (χ3n) is 2.04. The van der Waals surface area contributed by atoms with Gasteiger partial charge in [0.05, 0.1) is 15.7 Å². The maximum atomic E-state index is 11.5. The van der Waals surface area contributed by atoms with Crippen molar-refractivity contribution in [3.8, 4) is 0 Å². The molecule has 1 amide bonds. The van der Waals surface area contributed by atoms with Gasteiger partial charge < -0.3 is 15.2 Å². The number of carboxylic acids is 1. The molecule has 0 radical (unpaired) electrons. The van der Waals surface area contributed by atoms with Crippen LogP contribution in [-0.4, -0.2) is 29.7 Å². The number of amides is 1. The molecule has 0 spiro atoms. The van der Waals surface area contributed by atoms with Crippen molar-refractivity contribution in [2.45, 2.75) is 13.0 Å². The van der Waals surface area contributed by atoms with Crippen LogP contribution in [0.4, 0.5) is 5.69 Å². The first kappa shape index (κ1) is 14.8. The summed E-state index contributed by atoms with van der Waals surface area (Å²) in [6.45, 7) is 0.957. The summed E-state index contributed by atoms with van der Waals surface area (Å²) in [7, 11) is 0. The van der Waals surface area contributed by atoms with Gasteiger partial charge in [0.1, 0.15) is 6.61 Å². The quantitative estimate of drug-likeness (QED) is 0.874. The topological polar surface area (TPSA) is 75.6 Å². The second-order valence-electron chi connectivity index (χ2n) is 3.44. The molecule has 0 heterocycles. The highest BCUT2D eigenvalue weighted by atomic mass is 35.5. The lowest BCUT2D eigenvalue weighted by atomic mass is 10.3. The third kappa shape index (κ3) is 4.18. The molecular formula is C11H11Cl2NO4. The molecule has 0 aromatic heterocycles. The summed E-state index contributed by atoms with van der Waals surface area (Å²) < 4.78 is 4.82. The van der Waals surface area contributed by atoms with E-state index >= 15 is 0 Å². The van der Waals surface area contributed by atoms with Crippen LogP contribution >= 0.6 is 23.2 Å². The fourth-order valence-electron chi connectivity index (χ4n) is 1.06. The number of anilines is 1. The fraction of sp³-hybridized carbons (Fsp3) is 0.273. The molecule has 1 aromatic rings. The maximum Gasteiger partial charge on any atom is 0.332 e. The lowest BCUT2D eigenvalue weighted by molar-refractivity contribution is -0.150. The van der Waals surface area contributed by atoms with Gasteiger partial charge in [0.15, 0.2) is 6.10 Å². The van der Waals surface area contributed by atoms with Gasteiger partial charge in [0.2, 0.25) is 5.91 Å². The van der Waals surface area contributed by atoms with Crippen molar-refractivity contribution >= 4 is 40.8 Å². The fourth-order valence-corrected chi connectivity index (χ4v) is 1.41. The first-order valence-corrected chi connectivity index (χ1v) is 5.75. The molecule has 0 aliphatic heterocycles. The van der Waals surface area contributed by atoms with Crippen LogP contribution in [-0.2, 0) is 14.3 Å². The Morgan fingerprint density at radius 2 is 2.11 bits per heavy atom. The van der Waals surface area contributed by atoms with Crippen molar-refractivity contribution in [2.24, 2.45) is 0 Å². The Balaban J connectivity index is 2.55. The number of carbonyl (C=O) groups excluding carboxylic acids is 1. The summed E-state index contributed by atoms with van der Waals surface area (Å²) >= 11 is 11.6. The van der Waals surface area contributed by atoms with Gasteiger partial charge in [-0.2, -0.15) is 0 Å². The Morgan fingerprint density at radius 1 is 1.44 bits per heavy atom. The van der Waals surface area contributed by atoms with Crippen LogP contribution in [0.2, 0.25) is 10.0 Å². The number of carbonyl (C=O) groups is 2. The number of nitrogens with one attached hydrogen (secondary N) is 1. The van der Waals surface area contributed by atoms with Crippen molar-refractivity contribution in [1.82, 2.24) is 0 Å². The number of rotatable bonds is 5. The van der Waals surface area contributed by atoms with E-state index in [4.69, 9.17) is 33.0 Å². The van der Waals surface area contributed by atoms with Gasteiger partial charge in [0, 0.05) is 0 Å². The number of aliphatic carboxylic acids is 1. The molecule has 18 heavy (non-hydrogen) atoms. The first-order chi connectivity index (χ1) is 8.41. The predicted molar refractivity (Wildman–Crippen MR) is 68.1 cm³/mol. The molecule has 0 saturated heterocycles. The average molecular weight is 292 g/mol. The monoisotopic (exact) mass is 291 g/mol. The first-order valence-electron chi connectivity index (χ1n) is 5.00. The summed E-state index contributed by atoms with van der Waals surface area (Å²) in [5.41, 5.74) is 0.348. The third-order valence-corrected chi connectivity index (χ3v) is 2.86. The molecule has 7 heteroatoms. The van der Waals surface area contributed by atoms with Gasteiger partial charge >= 0.3 is 5.97 Å². The minimum absolute atomic E-state index is 0.221. The number of hydrogen-bond acceptors (Lipinski definition) is 3. The van der Waals surface area contributed by atoms with Crippen LogP contribution in [0.3, 0.4) is 0 Å². The van der Waals surface area contributed by atoms with E-state index < -0.39 is 18.0 Å². The zero-order valence-electron chi connectivity index (χ0n) is 9.44. The van der Waals surface area contributed by atoms with Crippen molar-refractivity contribution in [2.75, 3.05) is 11.9 Å². The summed E-state index contributed by atoms with van der Waals surface area (Å²) in [6.07, 6.45) is -1.05. The number of ether oxygens (including phenoxy) is 1. The van der Waals surface area contributed by atoms with Crippen LogP contribution < -0.4 is 5.32 Å². The Bertz CT molecular complexity index is 464. The number of benzene rings is 1. The van der Waals surface area contributed by atoms with Crippen LogP contribution in [0.5, 0.6) is 0 Å². The standard InChI is InChI=1S/C11H11Cl2NO4/c1-6(11(16)17)18-5-9(15)14-8-4-2-3-7(12)10(8)13/h2-4,6H,5H2,1H3,(H,14,15)(H,16,17)/t6-/m1/s1. The van der Waals surface area contributed by atoms with E-state index in [1.807, 2.05) is 0 Å². The minimum Gasteiger partial charge on any atom is -0.479 e. The molecule has 0 aliphatic carbocycles. The van der Waals surface area contributed by atoms with E-state index in [0.717, 1.165) is 0 Å². The summed E-state index contributed by atoms with van der Waals surface area (Å²) in [5, 5.41) is 11.6. The van der Waals surface area contributed by atoms with Crippen molar-refractivity contribution in [3.05, 3.63) is 28.2 Å². The molecule has 0 saturated carbocycles. The van der Waals surface area contributed by atoms with Gasteiger partial charge in [-0.1, -0.05) is 29.3 Å². The van der Waals surface area contributed by atoms with E-state index in [0.29, 0.717) is 10.7 Å². The van der Waals surface area contributed by atoms with E-state index in [9.17, 15) is 9.59 Å². The van der Waals surface area contributed by atoms with Crippen LogP contribution in [0.1, 0.15) is 6.92 Å². The second-order valence-corrected chi connectivity index (χ2v) is 4.23. The Hall–Kier alpha value is -1.30. The van der Waals surface area contributed by atoms with Crippen molar-refractivity contribution < 1.29 is 19.4 Å². The van der Waals surface area contributed by atoms with Gasteiger partial charge in [-0.15, -0.1) is 0 Å². The van der Waals surface area contributed by atoms with Crippen molar-refractivity contribution in [3.63, 3.8) is 0 Å². The molecule has 1 atom stereocenters. The molecule has 0 unspecified atom stereocenters. The van der Waals surface area contributed by atoms with Gasteiger partial charge in [0.25, 0.3) is 0 Å². The van der Waals surface area contributed by atoms with E-state index in [2.05, 4.69) is 5.32 Å². The molecule has 0 aliphatic rings. The molecule has 1 aromatic carbocycles. The molecule has 0 fully saturated rings. The minimum atomic E-state index is -1.14. The SMILES string of the molecule is C[C@@H](OCC(=O)Nc1cccc(Cl)c1Cl)C(=O)O. The van der Waals surface area contributed by atoms with E-state index in [1.165, 1.54) is 6.92 Å². The maximum absolute atomic E-state index is 11.5. The van der Waals surface area contributed by atoms with Gasteiger partial charge in [-0.3, -0.25) is 4.79 Å². The van der Waals surface area contributed by atoms with Crippen molar-refractivity contribution in [1.29, 1.82) is 0 Å². The highest BCUT2D eigenvalue weighted by Crippen LogP contribution is 2.29. The Kier molecular flexibility index (Phi) is 5.40. The lowest BCUT2D eigenvalue weighted by Crippen LogP contribution is -2.26. The lowest BCUT2D eigenvalue weighted by Gasteiger charge is -2.10. The molecule has 0 bridgehead atoms. The van der Waals surface area contributed by atoms with Crippen LogP contribution in [0, 0.1) is 0 Å². The van der Waals surface area contributed by atoms with E-state index in [1.54, 1.807) is 18.2 Å². The van der Waals surface area contributed by atoms with Crippen LogP contribution in [0.15, 0.2) is 18.2 Å². The van der Waals surface area contributed by atoms with Crippen LogP contribution in [0.25, 0.3) is 0 Å². The number of halogens is 2. The zero-order valence-corrected chi connectivity index (χ0v) is 11.0. The molecule has 98 valence electrons. The Labute approximate surface area is 114 Å². The normalized spacial score (nSPS) is 11.9. The molecule has 1 rings (SSSR count). The smallest absolute Gasteiger partial charge is 0.332 e. The average Bonchev–Trinajstić information content (AvgIpc) is 2.32. The second kappa shape index (κ2) is 6.58.